The second kappa shape index (κ2) is 10.0. The average molecular weight is 462 g/mol. The molecule has 2 heterocycles. The lowest BCUT2D eigenvalue weighted by Gasteiger charge is -2.08. The van der Waals surface area contributed by atoms with Gasteiger partial charge >= 0.3 is 0 Å². The summed E-state index contributed by atoms with van der Waals surface area (Å²) < 4.78 is 1.80. The van der Waals surface area contributed by atoms with Crippen molar-refractivity contribution in [3.05, 3.63) is 114 Å². The van der Waals surface area contributed by atoms with Crippen molar-refractivity contribution >= 4 is 5.78 Å². The first kappa shape index (κ1) is 22.1. The third-order valence-electron chi connectivity index (χ3n) is 5.67. The number of H-pyrrole nitrogens is 1. The predicted octanol–water partition coefficient (Wildman–Crippen LogP) is 4.52. The van der Waals surface area contributed by atoms with Crippen molar-refractivity contribution < 1.29 is 4.79 Å². The maximum atomic E-state index is 12.9. The van der Waals surface area contributed by atoms with Gasteiger partial charge in [0.15, 0.2) is 0 Å². The molecule has 0 bridgehead atoms. The number of aromatic amines is 1. The standard InChI is InChI=1S/C27H23N7O/c1-2-3-17-34-24(28-27(31-34)25(35)21-9-5-4-6-10-21)18-19-13-15-20(16-14-19)22-11-7-8-12-23(22)26-29-32-33-30-26/h2,4-16H,1,3,17-18H2,(H,29,30,32,33). The monoisotopic (exact) mass is 461 g/mol. The maximum Gasteiger partial charge on any atom is 0.232 e. The quantitative estimate of drug-likeness (QED) is 0.256. The van der Waals surface area contributed by atoms with E-state index in [4.69, 9.17) is 0 Å². The highest BCUT2D eigenvalue weighted by atomic mass is 16.1. The van der Waals surface area contributed by atoms with Crippen molar-refractivity contribution in [1.82, 2.24) is 35.4 Å². The van der Waals surface area contributed by atoms with Crippen LogP contribution in [0, 0.1) is 0 Å². The fraction of sp³-hybridized carbons (Fsp3) is 0.111. The molecule has 3 aromatic carbocycles. The van der Waals surface area contributed by atoms with Gasteiger partial charge in [0.1, 0.15) is 5.82 Å². The molecule has 0 aliphatic rings. The first-order valence-corrected chi connectivity index (χ1v) is 11.3. The van der Waals surface area contributed by atoms with E-state index in [1.54, 1.807) is 16.8 Å². The molecule has 0 saturated carbocycles. The lowest BCUT2D eigenvalue weighted by atomic mass is 9.98. The molecule has 2 aromatic heterocycles. The zero-order valence-electron chi connectivity index (χ0n) is 19.0. The Morgan fingerprint density at radius 2 is 1.69 bits per heavy atom. The van der Waals surface area contributed by atoms with E-state index in [1.165, 1.54) is 0 Å². The third kappa shape index (κ3) is 4.81. The highest BCUT2D eigenvalue weighted by molar-refractivity contribution is 6.06. The van der Waals surface area contributed by atoms with Gasteiger partial charge in [-0.3, -0.25) is 4.79 Å². The lowest BCUT2D eigenvalue weighted by Crippen LogP contribution is -2.07. The van der Waals surface area contributed by atoms with Crippen LogP contribution >= 0.6 is 0 Å². The smallest absolute Gasteiger partial charge is 0.232 e. The number of ketones is 1. The number of hydrogen-bond donors (Lipinski definition) is 1. The fourth-order valence-electron chi connectivity index (χ4n) is 3.90. The normalized spacial score (nSPS) is 10.9. The van der Waals surface area contributed by atoms with E-state index in [-0.39, 0.29) is 11.6 Å². The number of aryl methyl sites for hydroxylation is 1. The van der Waals surface area contributed by atoms with Gasteiger partial charge in [-0.05, 0) is 28.3 Å². The van der Waals surface area contributed by atoms with Crippen LogP contribution in [0.25, 0.3) is 22.5 Å². The van der Waals surface area contributed by atoms with Crippen molar-refractivity contribution in [1.29, 1.82) is 0 Å². The minimum Gasteiger partial charge on any atom is -0.285 e. The zero-order chi connectivity index (χ0) is 24.0. The lowest BCUT2D eigenvalue weighted by molar-refractivity contribution is 0.102. The van der Waals surface area contributed by atoms with Gasteiger partial charge in [-0.15, -0.1) is 21.9 Å². The van der Waals surface area contributed by atoms with Crippen LogP contribution in [0.1, 0.15) is 34.0 Å². The van der Waals surface area contributed by atoms with Crippen LogP contribution in [0.3, 0.4) is 0 Å². The van der Waals surface area contributed by atoms with E-state index in [1.807, 2.05) is 48.5 Å². The molecule has 0 aliphatic carbocycles. The Labute approximate surface area is 202 Å². The summed E-state index contributed by atoms with van der Waals surface area (Å²) in [7, 11) is 0. The number of benzene rings is 3. The SMILES string of the molecule is C=CCCn1nc(C(=O)c2ccccc2)nc1Cc1ccc(-c2ccccc2-c2nn[nH]n2)cc1. The average Bonchev–Trinajstić information content (AvgIpc) is 3.59. The topological polar surface area (TPSA) is 102 Å². The Morgan fingerprint density at radius 1 is 0.943 bits per heavy atom. The summed E-state index contributed by atoms with van der Waals surface area (Å²) in [6, 6.07) is 25.3. The van der Waals surface area contributed by atoms with Gasteiger partial charge in [-0.25, -0.2) is 9.67 Å². The number of nitrogens with zero attached hydrogens (tertiary/aromatic N) is 6. The van der Waals surface area contributed by atoms with Crippen molar-refractivity contribution in [3.8, 4) is 22.5 Å². The first-order valence-electron chi connectivity index (χ1n) is 11.3. The van der Waals surface area contributed by atoms with Crippen LogP contribution in [0.4, 0.5) is 0 Å². The Balaban J connectivity index is 1.41. The Bertz CT molecular complexity index is 1440. The van der Waals surface area contributed by atoms with Gasteiger partial charge in [0, 0.05) is 24.1 Å². The van der Waals surface area contributed by atoms with Gasteiger partial charge in [0.2, 0.25) is 17.4 Å². The fourth-order valence-corrected chi connectivity index (χ4v) is 3.90. The van der Waals surface area contributed by atoms with Gasteiger partial charge < -0.3 is 0 Å². The number of hydrogen-bond acceptors (Lipinski definition) is 6. The summed E-state index contributed by atoms with van der Waals surface area (Å²) >= 11 is 0. The molecule has 0 amide bonds. The van der Waals surface area contributed by atoms with Crippen molar-refractivity contribution in [3.63, 3.8) is 0 Å². The van der Waals surface area contributed by atoms with Crippen molar-refractivity contribution in [2.24, 2.45) is 0 Å². The van der Waals surface area contributed by atoms with Crippen LogP contribution in [0.5, 0.6) is 0 Å². The molecule has 0 fully saturated rings. The highest BCUT2D eigenvalue weighted by Crippen LogP contribution is 2.30. The highest BCUT2D eigenvalue weighted by Gasteiger charge is 2.18. The molecular formula is C27H23N7O. The molecule has 0 spiro atoms. The molecule has 8 nitrogen and oxygen atoms in total. The molecule has 0 saturated heterocycles. The number of rotatable bonds is 9. The summed E-state index contributed by atoms with van der Waals surface area (Å²) in [5.74, 6) is 1.32. The van der Waals surface area contributed by atoms with E-state index in [0.29, 0.717) is 24.4 Å². The Morgan fingerprint density at radius 3 is 2.40 bits per heavy atom. The Kier molecular flexibility index (Phi) is 6.34. The summed E-state index contributed by atoms with van der Waals surface area (Å²) in [5, 5.41) is 18.9. The maximum absolute atomic E-state index is 12.9. The van der Waals surface area contributed by atoms with Gasteiger partial charge in [-0.2, -0.15) is 5.21 Å². The number of allylic oxidation sites excluding steroid dienone is 1. The van der Waals surface area contributed by atoms with Gasteiger partial charge in [0.05, 0.1) is 0 Å². The van der Waals surface area contributed by atoms with E-state index >= 15 is 0 Å². The Hall–Kier alpha value is -4.72. The van der Waals surface area contributed by atoms with E-state index in [0.717, 1.165) is 34.5 Å². The molecule has 0 atom stereocenters. The van der Waals surface area contributed by atoms with Crippen LogP contribution in [-0.4, -0.2) is 41.2 Å². The zero-order valence-corrected chi connectivity index (χ0v) is 19.0. The molecule has 172 valence electrons. The molecule has 8 heteroatoms. The molecule has 1 N–H and O–H groups in total. The second-order valence-electron chi connectivity index (χ2n) is 8.00. The molecule has 5 rings (SSSR count). The number of carbonyl (C=O) groups excluding carboxylic acids is 1. The van der Waals surface area contributed by atoms with Crippen LogP contribution in [0.15, 0.2) is 91.5 Å². The first-order chi connectivity index (χ1) is 17.2. The third-order valence-corrected chi connectivity index (χ3v) is 5.67. The van der Waals surface area contributed by atoms with Crippen LogP contribution in [0.2, 0.25) is 0 Å². The van der Waals surface area contributed by atoms with Crippen LogP contribution in [-0.2, 0) is 13.0 Å². The molecule has 0 aliphatic heterocycles. The summed E-state index contributed by atoms with van der Waals surface area (Å²) in [4.78, 5) is 17.5. The molecule has 0 radical (unpaired) electrons. The number of carbonyl (C=O) groups is 1. The molecule has 0 unspecified atom stereocenters. The summed E-state index contributed by atoms with van der Waals surface area (Å²) in [6.45, 7) is 4.41. The van der Waals surface area contributed by atoms with E-state index in [9.17, 15) is 4.79 Å². The summed E-state index contributed by atoms with van der Waals surface area (Å²) in [6.07, 6.45) is 3.13. The molecule has 35 heavy (non-hydrogen) atoms. The minimum atomic E-state index is -0.183. The number of aromatic nitrogens is 7. The van der Waals surface area contributed by atoms with E-state index in [2.05, 4.69) is 61.6 Å². The van der Waals surface area contributed by atoms with Crippen LogP contribution < -0.4 is 0 Å². The molecular weight excluding hydrogens is 438 g/mol. The predicted molar refractivity (Wildman–Crippen MR) is 133 cm³/mol. The van der Waals surface area contributed by atoms with Gasteiger partial charge in [-0.1, -0.05) is 84.9 Å². The number of tetrazole rings is 1. The summed E-state index contributed by atoms with van der Waals surface area (Å²) in [5.41, 5.74) is 4.61. The van der Waals surface area contributed by atoms with Gasteiger partial charge in [0.25, 0.3) is 0 Å². The van der Waals surface area contributed by atoms with E-state index < -0.39 is 0 Å². The second-order valence-corrected chi connectivity index (χ2v) is 8.00. The minimum absolute atomic E-state index is 0.183. The van der Waals surface area contributed by atoms with Crippen molar-refractivity contribution in [2.45, 2.75) is 19.4 Å². The number of nitrogens with one attached hydrogen (secondary N) is 1. The molecule has 5 aromatic rings. The van der Waals surface area contributed by atoms with Crippen molar-refractivity contribution in [2.75, 3.05) is 0 Å². The largest absolute Gasteiger partial charge is 0.285 e.